The first-order valence-corrected chi connectivity index (χ1v) is 4.88. The molecule has 0 saturated carbocycles. The summed E-state index contributed by atoms with van der Waals surface area (Å²) in [5.41, 5.74) is -1.01. The average Bonchev–Trinajstić information content (AvgIpc) is 2.28. The number of benzene rings is 1. The quantitative estimate of drug-likeness (QED) is 0.811. The lowest BCUT2D eigenvalue weighted by Gasteiger charge is -2.08. The first-order chi connectivity index (χ1) is 8.35. The van der Waals surface area contributed by atoms with Crippen LogP contribution in [0.5, 0.6) is 0 Å². The Kier molecular flexibility index (Phi) is 6.56. The molecule has 6 heteroatoms. The van der Waals surface area contributed by atoms with Gasteiger partial charge in [0.05, 0.1) is 5.56 Å². The Morgan fingerprint density at radius 3 is 2.06 bits per heavy atom. The summed E-state index contributed by atoms with van der Waals surface area (Å²) in [4.78, 5) is 0. The first-order valence-electron chi connectivity index (χ1n) is 4.88. The summed E-state index contributed by atoms with van der Waals surface area (Å²) in [6.45, 7) is 6.63. The van der Waals surface area contributed by atoms with Gasteiger partial charge in [0.25, 0.3) is 0 Å². The minimum absolute atomic E-state index is 0.0207. The molecule has 1 aromatic rings. The van der Waals surface area contributed by atoms with E-state index in [4.69, 9.17) is 0 Å². The van der Waals surface area contributed by atoms with Gasteiger partial charge in [-0.1, -0.05) is 13.2 Å². The van der Waals surface area contributed by atoms with E-state index in [1.54, 1.807) is 6.20 Å². The van der Waals surface area contributed by atoms with Gasteiger partial charge in [-0.3, -0.25) is 0 Å². The summed E-state index contributed by atoms with van der Waals surface area (Å²) in [5.74, 6) is -0.941. The molecule has 100 valence electrons. The van der Waals surface area contributed by atoms with E-state index in [2.05, 4.69) is 23.8 Å². The maximum Gasteiger partial charge on any atom is 0.416 e. The number of halogens is 4. The highest BCUT2D eigenvalue weighted by Crippen LogP contribution is 2.31. The maximum absolute atomic E-state index is 12.7. The van der Waals surface area contributed by atoms with Gasteiger partial charge < -0.3 is 10.6 Å². The minimum atomic E-state index is -4.54. The zero-order valence-electron chi connectivity index (χ0n) is 9.81. The Morgan fingerprint density at radius 2 is 1.67 bits per heavy atom. The van der Waals surface area contributed by atoms with Crippen LogP contribution < -0.4 is 10.6 Å². The summed E-state index contributed by atoms with van der Waals surface area (Å²) in [5, 5.41) is 5.08. The van der Waals surface area contributed by atoms with Crippen molar-refractivity contribution in [2.75, 3.05) is 12.4 Å². The SMILES string of the molecule is C=CNC.C=CNc1cc(F)cc(C(F)(F)F)c1. The lowest BCUT2D eigenvalue weighted by atomic mass is 10.2. The van der Waals surface area contributed by atoms with E-state index in [9.17, 15) is 17.6 Å². The predicted octanol–water partition coefficient (Wildman–Crippen LogP) is 3.75. The second-order valence-electron chi connectivity index (χ2n) is 3.07. The van der Waals surface area contributed by atoms with Gasteiger partial charge in [0.15, 0.2) is 0 Å². The molecule has 0 aliphatic heterocycles. The van der Waals surface area contributed by atoms with Crippen LogP contribution in [0, 0.1) is 5.82 Å². The molecule has 0 aromatic heterocycles. The molecule has 1 aromatic carbocycles. The fraction of sp³-hybridized carbons (Fsp3) is 0.167. The van der Waals surface area contributed by atoms with Crippen molar-refractivity contribution >= 4 is 5.69 Å². The molecule has 0 unspecified atom stereocenters. The van der Waals surface area contributed by atoms with Crippen LogP contribution in [-0.4, -0.2) is 7.05 Å². The van der Waals surface area contributed by atoms with E-state index in [-0.39, 0.29) is 5.69 Å². The van der Waals surface area contributed by atoms with E-state index in [0.717, 1.165) is 12.1 Å². The second-order valence-corrected chi connectivity index (χ2v) is 3.07. The lowest BCUT2D eigenvalue weighted by molar-refractivity contribution is -0.137. The third kappa shape index (κ3) is 5.93. The first kappa shape index (κ1) is 16.0. The molecule has 0 amide bonds. The Morgan fingerprint density at radius 1 is 1.11 bits per heavy atom. The van der Waals surface area contributed by atoms with Crippen molar-refractivity contribution in [3.63, 3.8) is 0 Å². The molecule has 0 saturated heterocycles. The lowest BCUT2D eigenvalue weighted by Crippen LogP contribution is -2.06. The van der Waals surface area contributed by atoms with E-state index >= 15 is 0 Å². The van der Waals surface area contributed by atoms with E-state index in [1.807, 2.05) is 7.05 Å². The monoisotopic (exact) mass is 262 g/mol. The highest BCUT2D eigenvalue weighted by Gasteiger charge is 2.31. The standard InChI is InChI=1S/C9H7F4N.C3H7N/c1-2-14-8-4-6(9(11,12)13)3-7(10)5-8;1-3-4-2/h2-5,14H,1H2;3-4H,1H2,2H3. The van der Waals surface area contributed by atoms with Gasteiger partial charge in [-0.15, -0.1) is 0 Å². The highest BCUT2D eigenvalue weighted by atomic mass is 19.4. The number of hydrogen-bond donors (Lipinski definition) is 2. The molecule has 0 radical (unpaired) electrons. The molecule has 0 aliphatic carbocycles. The summed E-state index contributed by atoms with van der Waals surface area (Å²) >= 11 is 0. The molecule has 0 bridgehead atoms. The van der Waals surface area contributed by atoms with Crippen LogP contribution in [-0.2, 0) is 6.18 Å². The normalized spacial score (nSPS) is 9.83. The van der Waals surface area contributed by atoms with Crippen molar-refractivity contribution in [3.8, 4) is 0 Å². The number of rotatable bonds is 3. The van der Waals surface area contributed by atoms with Crippen LogP contribution in [0.4, 0.5) is 23.2 Å². The van der Waals surface area contributed by atoms with Gasteiger partial charge >= 0.3 is 6.18 Å². The molecule has 0 fully saturated rings. The Balaban J connectivity index is 0.000000631. The van der Waals surface area contributed by atoms with Crippen molar-refractivity contribution in [2.45, 2.75) is 6.18 Å². The van der Waals surface area contributed by atoms with Gasteiger partial charge in [-0.25, -0.2) is 4.39 Å². The van der Waals surface area contributed by atoms with Crippen LogP contribution >= 0.6 is 0 Å². The molecule has 0 aliphatic rings. The van der Waals surface area contributed by atoms with Crippen molar-refractivity contribution in [1.29, 1.82) is 0 Å². The molecule has 2 N–H and O–H groups in total. The van der Waals surface area contributed by atoms with Crippen molar-refractivity contribution in [3.05, 3.63) is 55.1 Å². The average molecular weight is 262 g/mol. The maximum atomic E-state index is 12.7. The number of anilines is 1. The van der Waals surface area contributed by atoms with Crippen LogP contribution in [0.3, 0.4) is 0 Å². The van der Waals surface area contributed by atoms with E-state index in [0.29, 0.717) is 6.07 Å². The Labute approximate surface area is 103 Å². The van der Waals surface area contributed by atoms with Gasteiger partial charge in [0, 0.05) is 12.7 Å². The molecular formula is C12H14F4N2. The molecular weight excluding hydrogens is 248 g/mol. The fourth-order valence-electron chi connectivity index (χ4n) is 0.954. The van der Waals surface area contributed by atoms with E-state index in [1.165, 1.54) is 6.20 Å². The molecule has 0 heterocycles. The third-order valence-corrected chi connectivity index (χ3v) is 1.70. The summed E-state index contributed by atoms with van der Waals surface area (Å²) in [6.07, 6.45) is -1.74. The molecule has 18 heavy (non-hydrogen) atoms. The number of hydrogen-bond acceptors (Lipinski definition) is 2. The summed E-state index contributed by atoms with van der Waals surface area (Å²) < 4.78 is 49.2. The second kappa shape index (κ2) is 7.37. The highest BCUT2D eigenvalue weighted by molar-refractivity contribution is 5.48. The molecule has 0 atom stereocenters. The number of nitrogens with one attached hydrogen (secondary N) is 2. The summed E-state index contributed by atoms with van der Waals surface area (Å²) in [6, 6.07) is 2.20. The van der Waals surface area contributed by atoms with Gasteiger partial charge in [-0.05, 0) is 30.6 Å². The van der Waals surface area contributed by atoms with Crippen molar-refractivity contribution in [2.24, 2.45) is 0 Å². The van der Waals surface area contributed by atoms with Crippen molar-refractivity contribution in [1.82, 2.24) is 5.32 Å². The predicted molar refractivity (Wildman–Crippen MR) is 64.5 cm³/mol. The van der Waals surface area contributed by atoms with E-state index < -0.39 is 17.6 Å². The van der Waals surface area contributed by atoms with Crippen LogP contribution in [0.2, 0.25) is 0 Å². The summed E-state index contributed by atoms with van der Waals surface area (Å²) in [7, 11) is 1.81. The minimum Gasteiger partial charge on any atom is -0.394 e. The zero-order valence-corrected chi connectivity index (χ0v) is 9.81. The van der Waals surface area contributed by atoms with Gasteiger partial charge in [0.2, 0.25) is 0 Å². The smallest absolute Gasteiger partial charge is 0.394 e. The molecule has 0 spiro atoms. The molecule has 1 rings (SSSR count). The largest absolute Gasteiger partial charge is 0.416 e. The van der Waals surface area contributed by atoms with Crippen LogP contribution in [0.1, 0.15) is 5.56 Å². The Hall–Kier alpha value is -1.98. The van der Waals surface area contributed by atoms with Crippen LogP contribution in [0.25, 0.3) is 0 Å². The van der Waals surface area contributed by atoms with Gasteiger partial charge in [-0.2, -0.15) is 13.2 Å². The zero-order chi connectivity index (χ0) is 14.2. The van der Waals surface area contributed by atoms with Crippen molar-refractivity contribution < 1.29 is 17.6 Å². The van der Waals surface area contributed by atoms with Crippen LogP contribution in [0.15, 0.2) is 43.8 Å². The number of alkyl halides is 3. The van der Waals surface area contributed by atoms with Gasteiger partial charge in [0.1, 0.15) is 5.82 Å². The Bertz CT molecular complexity index is 400. The fourth-order valence-corrected chi connectivity index (χ4v) is 0.954. The topological polar surface area (TPSA) is 24.1 Å². The third-order valence-electron chi connectivity index (χ3n) is 1.70. The molecule has 2 nitrogen and oxygen atoms in total.